The van der Waals surface area contributed by atoms with Crippen molar-refractivity contribution in [3.63, 3.8) is 0 Å². The van der Waals surface area contributed by atoms with Gasteiger partial charge >= 0.3 is 0 Å². The summed E-state index contributed by atoms with van der Waals surface area (Å²) in [5.41, 5.74) is 5.05. The summed E-state index contributed by atoms with van der Waals surface area (Å²) in [7, 11) is 0. The van der Waals surface area contributed by atoms with Gasteiger partial charge in [-0.05, 0) is 31.0 Å². The summed E-state index contributed by atoms with van der Waals surface area (Å²) in [5, 5.41) is 0. The minimum absolute atomic E-state index is 0.102. The largest absolute Gasteiger partial charge is 0.271 e. The lowest BCUT2D eigenvalue weighted by Gasteiger charge is -2.18. The summed E-state index contributed by atoms with van der Waals surface area (Å²) in [6, 6.07) is 6.16. The van der Waals surface area contributed by atoms with Crippen LogP contribution in [0.5, 0.6) is 0 Å². The van der Waals surface area contributed by atoms with Gasteiger partial charge in [-0.2, -0.15) is 0 Å². The van der Waals surface area contributed by atoms with Crippen molar-refractivity contribution in [1.82, 2.24) is 5.43 Å². The molecule has 0 heterocycles. The molecule has 1 atom stereocenters. The van der Waals surface area contributed by atoms with Crippen molar-refractivity contribution in [3.8, 4) is 0 Å². The van der Waals surface area contributed by atoms with Crippen molar-refractivity contribution in [3.05, 3.63) is 44.9 Å². The minimum atomic E-state index is 0.102. The van der Waals surface area contributed by atoms with Gasteiger partial charge in [0.15, 0.2) is 0 Å². The molecule has 0 amide bonds. The summed E-state index contributed by atoms with van der Waals surface area (Å²) in [6.07, 6.45) is 0.830. The summed E-state index contributed by atoms with van der Waals surface area (Å²) in [6.45, 7) is 5.89. The second-order valence-electron chi connectivity index (χ2n) is 3.55. The van der Waals surface area contributed by atoms with Crippen molar-refractivity contribution < 1.29 is 0 Å². The third kappa shape index (κ3) is 3.72. The molecule has 2 nitrogen and oxygen atoms in total. The highest BCUT2D eigenvalue weighted by Crippen LogP contribution is 2.29. The van der Waals surface area contributed by atoms with Crippen LogP contribution in [-0.2, 0) is 0 Å². The molecule has 0 aliphatic carbocycles. The van der Waals surface area contributed by atoms with Gasteiger partial charge in [0.25, 0.3) is 0 Å². The Balaban J connectivity index is 2.96. The number of hydrogen-bond donors (Lipinski definition) is 2. The Morgan fingerprint density at radius 1 is 1.53 bits per heavy atom. The average Bonchev–Trinajstić information content (AvgIpc) is 2.14. The molecule has 0 saturated carbocycles. The maximum absolute atomic E-state index is 5.54. The molecule has 82 valence electrons. The Bertz CT molecular complexity index is 364. The second-order valence-corrected chi connectivity index (χ2v) is 5.32. The first-order chi connectivity index (χ1) is 7.04. The van der Waals surface area contributed by atoms with Crippen molar-refractivity contribution in [2.75, 3.05) is 0 Å². The fourth-order valence-corrected chi connectivity index (χ4v) is 2.71. The predicted molar refractivity (Wildman–Crippen MR) is 71.3 cm³/mol. The van der Waals surface area contributed by atoms with Gasteiger partial charge in [0.2, 0.25) is 0 Å². The van der Waals surface area contributed by atoms with E-state index in [1.807, 2.05) is 25.1 Å². The van der Waals surface area contributed by atoms with Crippen LogP contribution in [0.25, 0.3) is 0 Å². The van der Waals surface area contributed by atoms with Crippen LogP contribution in [0.4, 0.5) is 0 Å². The maximum Gasteiger partial charge on any atom is 0.0508 e. The Hall–Kier alpha value is -0.160. The van der Waals surface area contributed by atoms with E-state index < -0.39 is 0 Å². The van der Waals surface area contributed by atoms with Crippen LogP contribution < -0.4 is 11.3 Å². The maximum atomic E-state index is 5.54. The van der Waals surface area contributed by atoms with Crippen LogP contribution in [-0.4, -0.2) is 0 Å². The van der Waals surface area contributed by atoms with E-state index in [0.717, 1.165) is 26.5 Å². The molecule has 0 aliphatic rings. The lowest BCUT2D eigenvalue weighted by molar-refractivity contribution is 0.548. The Labute approximate surface area is 107 Å². The first kappa shape index (κ1) is 12.9. The van der Waals surface area contributed by atoms with E-state index in [1.165, 1.54) is 0 Å². The molecule has 1 aromatic carbocycles. The van der Waals surface area contributed by atoms with Gasteiger partial charge in [0.1, 0.15) is 0 Å². The van der Waals surface area contributed by atoms with E-state index in [2.05, 4.69) is 43.9 Å². The number of nitrogens with two attached hydrogens (primary N) is 1. The van der Waals surface area contributed by atoms with E-state index in [0.29, 0.717) is 0 Å². The first-order valence-corrected chi connectivity index (χ1v) is 6.18. The van der Waals surface area contributed by atoms with Crippen LogP contribution in [0.15, 0.2) is 39.3 Å². The Kier molecular flexibility index (Phi) is 4.99. The Morgan fingerprint density at radius 3 is 2.67 bits per heavy atom. The number of nitrogens with one attached hydrogen (secondary N) is 1. The molecule has 0 spiro atoms. The molecular weight excluding hydrogens is 320 g/mol. The van der Waals surface area contributed by atoms with Crippen molar-refractivity contribution >= 4 is 31.9 Å². The van der Waals surface area contributed by atoms with Crippen LogP contribution in [0.1, 0.15) is 24.9 Å². The van der Waals surface area contributed by atoms with E-state index in [-0.39, 0.29) is 6.04 Å². The quantitative estimate of drug-likeness (QED) is 0.501. The topological polar surface area (TPSA) is 38.0 Å². The SMILES string of the molecule is C=C(C)CC(NN)c1ccc(Br)cc1Br. The molecule has 0 aliphatic heterocycles. The monoisotopic (exact) mass is 332 g/mol. The van der Waals surface area contributed by atoms with Gasteiger partial charge in [-0.15, -0.1) is 6.58 Å². The van der Waals surface area contributed by atoms with Crippen molar-refractivity contribution in [2.24, 2.45) is 5.84 Å². The van der Waals surface area contributed by atoms with Crippen LogP contribution >= 0.6 is 31.9 Å². The highest BCUT2D eigenvalue weighted by atomic mass is 79.9. The molecule has 0 radical (unpaired) electrons. The molecule has 15 heavy (non-hydrogen) atoms. The molecule has 1 rings (SSSR count). The molecule has 1 aromatic rings. The first-order valence-electron chi connectivity index (χ1n) is 4.60. The lowest BCUT2D eigenvalue weighted by atomic mass is 10.0. The van der Waals surface area contributed by atoms with Gasteiger partial charge in [-0.25, -0.2) is 0 Å². The number of hydrogen-bond acceptors (Lipinski definition) is 2. The number of benzene rings is 1. The highest BCUT2D eigenvalue weighted by Gasteiger charge is 2.12. The second kappa shape index (κ2) is 5.80. The van der Waals surface area contributed by atoms with Gasteiger partial charge in [-0.3, -0.25) is 11.3 Å². The highest BCUT2D eigenvalue weighted by molar-refractivity contribution is 9.11. The molecular formula is C11H14Br2N2. The van der Waals surface area contributed by atoms with Crippen LogP contribution in [0.2, 0.25) is 0 Å². The van der Waals surface area contributed by atoms with Gasteiger partial charge in [0, 0.05) is 8.95 Å². The van der Waals surface area contributed by atoms with Gasteiger partial charge in [0.05, 0.1) is 6.04 Å². The third-order valence-corrected chi connectivity index (χ3v) is 3.27. The van der Waals surface area contributed by atoms with Crippen LogP contribution in [0, 0.1) is 0 Å². The molecule has 0 fully saturated rings. The lowest BCUT2D eigenvalue weighted by Crippen LogP contribution is -2.28. The van der Waals surface area contributed by atoms with E-state index in [9.17, 15) is 0 Å². The van der Waals surface area contributed by atoms with E-state index >= 15 is 0 Å². The summed E-state index contributed by atoms with van der Waals surface area (Å²) >= 11 is 6.94. The zero-order valence-corrected chi connectivity index (χ0v) is 11.7. The number of hydrazine groups is 1. The smallest absolute Gasteiger partial charge is 0.0508 e. The van der Waals surface area contributed by atoms with E-state index in [1.54, 1.807) is 0 Å². The fourth-order valence-electron chi connectivity index (χ4n) is 1.39. The molecule has 0 aromatic heterocycles. The van der Waals surface area contributed by atoms with Gasteiger partial charge in [-0.1, -0.05) is 43.5 Å². The molecule has 3 N–H and O–H groups in total. The van der Waals surface area contributed by atoms with E-state index in [4.69, 9.17) is 5.84 Å². The zero-order chi connectivity index (χ0) is 11.4. The predicted octanol–water partition coefficient (Wildman–Crippen LogP) is 3.68. The normalized spacial score (nSPS) is 12.5. The van der Waals surface area contributed by atoms with Crippen LogP contribution in [0.3, 0.4) is 0 Å². The summed E-state index contributed by atoms with van der Waals surface area (Å²) in [4.78, 5) is 0. The van der Waals surface area contributed by atoms with Crippen molar-refractivity contribution in [2.45, 2.75) is 19.4 Å². The molecule has 1 unspecified atom stereocenters. The van der Waals surface area contributed by atoms with Crippen molar-refractivity contribution in [1.29, 1.82) is 0 Å². The molecule has 0 bridgehead atoms. The summed E-state index contributed by atoms with van der Waals surface area (Å²) < 4.78 is 2.09. The average molecular weight is 334 g/mol. The third-order valence-electron chi connectivity index (χ3n) is 2.09. The number of rotatable bonds is 4. The molecule has 4 heteroatoms. The Morgan fingerprint density at radius 2 is 2.20 bits per heavy atom. The van der Waals surface area contributed by atoms with Gasteiger partial charge < -0.3 is 0 Å². The number of halogens is 2. The molecule has 0 saturated heterocycles. The zero-order valence-electron chi connectivity index (χ0n) is 8.56. The standard InChI is InChI=1S/C11H14Br2N2/c1-7(2)5-11(15-14)9-4-3-8(12)6-10(9)13/h3-4,6,11,15H,1,5,14H2,2H3. The fraction of sp³-hybridized carbons (Fsp3) is 0.273. The minimum Gasteiger partial charge on any atom is -0.271 e. The summed E-state index contributed by atoms with van der Waals surface area (Å²) in [5.74, 6) is 5.54.